The second-order valence-corrected chi connectivity index (χ2v) is 13.3. The summed E-state index contributed by atoms with van der Waals surface area (Å²) in [6.45, 7) is 11.5. The van der Waals surface area contributed by atoms with Crippen molar-refractivity contribution in [1.82, 2.24) is 0 Å². The molecule has 11 atom stereocenters. The van der Waals surface area contributed by atoms with Crippen LogP contribution in [0.5, 0.6) is 0 Å². The summed E-state index contributed by atoms with van der Waals surface area (Å²) in [5.41, 5.74) is -1.33. The van der Waals surface area contributed by atoms with E-state index >= 15 is 0 Å². The maximum atomic E-state index is 13.5. The van der Waals surface area contributed by atoms with E-state index in [2.05, 4.69) is 13.8 Å². The Morgan fingerprint density at radius 3 is 2.59 bits per heavy atom. The third kappa shape index (κ3) is 2.99. The van der Waals surface area contributed by atoms with Crippen LogP contribution in [0.3, 0.4) is 0 Å². The quantitative estimate of drug-likeness (QED) is 0.449. The Morgan fingerprint density at radius 2 is 1.92 bits per heavy atom. The van der Waals surface area contributed by atoms with E-state index < -0.39 is 34.1 Å². The zero-order valence-corrected chi connectivity index (χ0v) is 22.8. The van der Waals surface area contributed by atoms with Crippen LogP contribution in [0.25, 0.3) is 0 Å². The van der Waals surface area contributed by atoms with Crippen LogP contribution in [0.2, 0.25) is 0 Å². The minimum atomic E-state index is -1.30. The van der Waals surface area contributed by atoms with Gasteiger partial charge in [-0.2, -0.15) is 0 Å². The number of epoxide rings is 1. The van der Waals surface area contributed by atoms with E-state index in [1.54, 1.807) is 13.0 Å². The third-order valence-electron chi connectivity index (χ3n) is 12.1. The fourth-order valence-corrected chi connectivity index (χ4v) is 9.72. The molecule has 4 fully saturated rings. The van der Waals surface area contributed by atoms with E-state index in [9.17, 15) is 19.5 Å². The van der Waals surface area contributed by atoms with Crippen molar-refractivity contribution in [3.05, 3.63) is 23.3 Å². The molecule has 0 radical (unpaired) electrons. The van der Waals surface area contributed by atoms with Crippen molar-refractivity contribution in [1.29, 1.82) is 0 Å². The van der Waals surface area contributed by atoms with E-state index in [1.165, 1.54) is 6.92 Å². The van der Waals surface area contributed by atoms with Crippen molar-refractivity contribution >= 4 is 17.7 Å². The Kier molecular flexibility index (Phi) is 5.32. The topological polar surface area (TPSA) is 102 Å². The predicted molar refractivity (Wildman–Crippen MR) is 134 cm³/mol. The van der Waals surface area contributed by atoms with Gasteiger partial charge in [-0.05, 0) is 82.6 Å². The van der Waals surface area contributed by atoms with Gasteiger partial charge in [0.05, 0.1) is 11.5 Å². The molecule has 7 heteroatoms. The number of hydrogen-bond donors (Lipinski definition) is 1. The minimum absolute atomic E-state index is 0.0200. The zero-order chi connectivity index (χ0) is 26.7. The Labute approximate surface area is 219 Å². The normalized spacial score (nSPS) is 50.9. The molecule has 1 saturated heterocycles. The molecule has 6 aliphatic rings. The van der Waals surface area contributed by atoms with Gasteiger partial charge in [0.15, 0.2) is 5.78 Å². The first kappa shape index (κ1) is 25.3. The molecule has 1 N–H and O–H groups in total. The van der Waals surface area contributed by atoms with Crippen molar-refractivity contribution < 1.29 is 33.7 Å². The number of aliphatic hydroxyl groups is 1. The first-order chi connectivity index (χ1) is 17.3. The number of ether oxygens (including phenoxy) is 3. The number of carbonyl (C=O) groups is 3. The van der Waals surface area contributed by atoms with Crippen LogP contribution in [0, 0.1) is 34.5 Å². The van der Waals surface area contributed by atoms with Gasteiger partial charge in [-0.15, -0.1) is 0 Å². The van der Waals surface area contributed by atoms with Gasteiger partial charge in [0.25, 0.3) is 0 Å². The molecule has 7 nitrogen and oxygen atoms in total. The molecule has 2 aliphatic heterocycles. The van der Waals surface area contributed by atoms with Gasteiger partial charge in [0, 0.05) is 24.3 Å². The molecule has 0 amide bonds. The number of allylic oxidation sites excluding steroid dienone is 1. The van der Waals surface area contributed by atoms with Crippen molar-refractivity contribution in [3.8, 4) is 0 Å². The van der Waals surface area contributed by atoms with Crippen molar-refractivity contribution in [2.24, 2.45) is 34.5 Å². The Balaban J connectivity index is 1.40. The van der Waals surface area contributed by atoms with Gasteiger partial charge in [-0.3, -0.25) is 9.59 Å². The SMILES string of the molecule is CC(=O)O[C@H]1C[C@H]([C@H](C)[C@H]2CC(C)=C(C)C(=O)O2)[C@@]2(C)CC[C@H]3[C@@H](C[C@H]4O[C@]45CC=CC(=O)[C@]35C)[C@]12O. The van der Waals surface area contributed by atoms with E-state index in [0.717, 1.165) is 18.4 Å². The molecular weight excluding hydrogens is 472 g/mol. The van der Waals surface area contributed by atoms with Crippen molar-refractivity contribution in [2.75, 3.05) is 0 Å². The largest absolute Gasteiger partial charge is 0.459 e. The third-order valence-corrected chi connectivity index (χ3v) is 12.1. The number of carbonyl (C=O) groups excluding carboxylic acids is 3. The maximum absolute atomic E-state index is 13.5. The lowest BCUT2D eigenvalue weighted by atomic mass is 9.43. The number of fused-ring (bicyclic) bond motifs is 4. The number of cyclic esters (lactones) is 1. The second-order valence-electron chi connectivity index (χ2n) is 13.3. The van der Waals surface area contributed by atoms with Crippen LogP contribution in [-0.4, -0.2) is 52.3 Å². The molecule has 0 aromatic heterocycles. The van der Waals surface area contributed by atoms with Crippen LogP contribution in [0.1, 0.15) is 80.1 Å². The monoisotopic (exact) mass is 512 g/mol. The highest BCUT2D eigenvalue weighted by Crippen LogP contribution is 2.74. The summed E-state index contributed by atoms with van der Waals surface area (Å²) in [5.74, 6) is -0.942. The predicted octanol–water partition coefficient (Wildman–Crippen LogP) is 4.07. The van der Waals surface area contributed by atoms with Crippen LogP contribution >= 0.6 is 0 Å². The lowest BCUT2D eigenvalue weighted by Gasteiger charge is -2.61. The van der Waals surface area contributed by atoms with Gasteiger partial charge in [-0.25, -0.2) is 4.79 Å². The Bertz CT molecular complexity index is 1140. The Hall–Kier alpha value is -1.99. The first-order valence-electron chi connectivity index (χ1n) is 14.0. The van der Waals surface area contributed by atoms with Crippen LogP contribution < -0.4 is 0 Å². The highest BCUT2D eigenvalue weighted by atomic mass is 16.6. The molecule has 4 aliphatic carbocycles. The highest BCUT2D eigenvalue weighted by molar-refractivity contribution is 5.97. The smallest absolute Gasteiger partial charge is 0.333 e. The molecule has 0 aromatic carbocycles. The second kappa shape index (κ2) is 7.78. The van der Waals surface area contributed by atoms with Crippen LogP contribution in [0.4, 0.5) is 0 Å². The number of rotatable bonds is 3. The van der Waals surface area contributed by atoms with E-state index in [0.29, 0.717) is 31.3 Å². The standard InChI is InChI=1S/C30H40O7/c1-15-12-22(36-26(33)16(15)2)17(3)20-13-25(35-18(4)31)30(34)21-14-24-29(37-24)10-7-8-23(32)28(29,6)19(21)9-11-27(20,30)5/h7-8,17,19-22,24-25,34H,9-14H2,1-6H3/t17-,19-,20+,21+,22+,24+,25-,27+,28-,29+,30-/m0/s1. The molecule has 1 spiro atoms. The van der Waals surface area contributed by atoms with E-state index in [1.807, 2.05) is 19.9 Å². The van der Waals surface area contributed by atoms with Crippen molar-refractivity contribution in [2.45, 2.75) is 110 Å². The average molecular weight is 513 g/mol. The summed E-state index contributed by atoms with van der Waals surface area (Å²) < 4.78 is 18.1. The number of ketones is 1. The fraction of sp³-hybridized carbons (Fsp3) is 0.767. The Morgan fingerprint density at radius 1 is 1.19 bits per heavy atom. The van der Waals surface area contributed by atoms with Gasteiger partial charge in [0.2, 0.25) is 0 Å². The summed E-state index contributed by atoms with van der Waals surface area (Å²) in [4.78, 5) is 38.3. The number of hydrogen-bond acceptors (Lipinski definition) is 7. The minimum Gasteiger partial charge on any atom is -0.459 e. The zero-order valence-electron chi connectivity index (χ0n) is 22.8. The number of esters is 2. The maximum Gasteiger partial charge on any atom is 0.333 e. The van der Waals surface area contributed by atoms with E-state index in [-0.39, 0.29) is 47.6 Å². The summed E-state index contributed by atoms with van der Waals surface area (Å²) in [6, 6.07) is 0. The molecule has 2 heterocycles. The molecule has 202 valence electrons. The van der Waals surface area contributed by atoms with Crippen molar-refractivity contribution in [3.63, 3.8) is 0 Å². The fourth-order valence-electron chi connectivity index (χ4n) is 9.72. The molecule has 6 rings (SSSR count). The van der Waals surface area contributed by atoms with Gasteiger partial charge in [-0.1, -0.05) is 25.5 Å². The van der Waals surface area contributed by atoms with Crippen LogP contribution in [-0.2, 0) is 28.6 Å². The average Bonchev–Trinajstić information content (AvgIpc) is 3.49. The summed E-state index contributed by atoms with van der Waals surface area (Å²) in [7, 11) is 0. The van der Waals surface area contributed by atoms with E-state index in [4.69, 9.17) is 14.2 Å². The summed E-state index contributed by atoms with van der Waals surface area (Å²) in [5, 5.41) is 12.9. The molecule has 0 aromatic rings. The highest BCUT2D eigenvalue weighted by Gasteiger charge is 2.81. The molecule has 37 heavy (non-hydrogen) atoms. The summed E-state index contributed by atoms with van der Waals surface area (Å²) in [6.07, 6.45) is 6.66. The molecule has 3 saturated carbocycles. The lowest BCUT2D eigenvalue weighted by Crippen LogP contribution is -2.68. The lowest BCUT2D eigenvalue weighted by molar-refractivity contribution is -0.232. The first-order valence-corrected chi connectivity index (χ1v) is 14.0. The van der Waals surface area contributed by atoms with Gasteiger partial charge in [0.1, 0.15) is 23.4 Å². The van der Waals surface area contributed by atoms with Crippen LogP contribution in [0.15, 0.2) is 23.3 Å². The summed E-state index contributed by atoms with van der Waals surface area (Å²) >= 11 is 0. The molecular formula is C30H40O7. The van der Waals surface area contributed by atoms with Gasteiger partial charge >= 0.3 is 11.9 Å². The van der Waals surface area contributed by atoms with Gasteiger partial charge < -0.3 is 19.3 Å². The molecule has 0 bridgehead atoms. The molecule has 0 unspecified atom stereocenters.